The van der Waals surface area contributed by atoms with E-state index in [2.05, 4.69) is 56.9 Å². The molecule has 2 heterocycles. The van der Waals surface area contributed by atoms with Crippen LogP contribution in [0.1, 0.15) is 36.2 Å². The molecule has 168 valence electrons. The molecule has 1 unspecified atom stereocenters. The zero-order valence-electron chi connectivity index (χ0n) is 18.5. The third kappa shape index (κ3) is 7.29. The van der Waals surface area contributed by atoms with Crippen LogP contribution in [0.3, 0.4) is 0 Å². The third-order valence-corrected chi connectivity index (χ3v) is 5.79. The lowest BCUT2D eigenvalue weighted by molar-refractivity contribution is 0.119. The lowest BCUT2D eigenvalue weighted by Gasteiger charge is -2.21. The Labute approximate surface area is 205 Å². The van der Waals surface area contributed by atoms with Crippen molar-refractivity contribution < 1.29 is 4.74 Å². The van der Waals surface area contributed by atoms with E-state index in [0.717, 1.165) is 41.9 Å². The average Bonchev–Trinajstić information content (AvgIpc) is 3.45. The van der Waals surface area contributed by atoms with Crippen molar-refractivity contribution in [2.45, 2.75) is 32.9 Å². The Morgan fingerprint density at radius 2 is 2.10 bits per heavy atom. The molecule has 1 aromatic carbocycles. The van der Waals surface area contributed by atoms with Crippen LogP contribution in [0.2, 0.25) is 0 Å². The molecule has 0 spiro atoms. The van der Waals surface area contributed by atoms with Gasteiger partial charge in [-0.2, -0.15) is 5.10 Å². The van der Waals surface area contributed by atoms with Crippen molar-refractivity contribution in [2.24, 2.45) is 4.99 Å². The van der Waals surface area contributed by atoms with Crippen molar-refractivity contribution in [3.8, 4) is 5.69 Å². The van der Waals surface area contributed by atoms with E-state index in [1.54, 1.807) is 24.6 Å². The summed E-state index contributed by atoms with van der Waals surface area (Å²) in [6.07, 6.45) is 4.63. The summed E-state index contributed by atoms with van der Waals surface area (Å²) >= 11 is 1.64. The molecule has 1 atom stereocenters. The Hall–Kier alpha value is -1.98. The zero-order chi connectivity index (χ0) is 21.3. The molecule has 0 bridgehead atoms. The normalized spacial score (nSPS) is 12.3. The number of ether oxygens (including phenoxy) is 1. The number of nitrogens with zero attached hydrogens (tertiary/aromatic N) is 5. The van der Waals surface area contributed by atoms with Crippen LogP contribution in [-0.2, 0) is 17.7 Å². The van der Waals surface area contributed by atoms with E-state index in [0.29, 0.717) is 6.54 Å². The van der Waals surface area contributed by atoms with Crippen LogP contribution in [0.5, 0.6) is 0 Å². The minimum Gasteiger partial charge on any atom is -0.375 e. The Balaban J connectivity index is 0.00000341. The van der Waals surface area contributed by atoms with Gasteiger partial charge in [0.2, 0.25) is 0 Å². The fourth-order valence-electron chi connectivity index (χ4n) is 3.00. The van der Waals surface area contributed by atoms with E-state index in [4.69, 9.17) is 9.73 Å². The lowest BCUT2D eigenvalue weighted by atomic mass is 10.1. The van der Waals surface area contributed by atoms with E-state index in [1.165, 1.54) is 5.56 Å². The van der Waals surface area contributed by atoms with Crippen LogP contribution in [0.25, 0.3) is 5.69 Å². The average molecular weight is 555 g/mol. The third-order valence-electron chi connectivity index (χ3n) is 4.73. The van der Waals surface area contributed by atoms with Gasteiger partial charge in [-0.3, -0.25) is 4.99 Å². The molecule has 0 saturated heterocycles. The minimum atomic E-state index is 0. The number of benzene rings is 1. The molecular formula is C22H31IN6OS. The number of rotatable bonds is 9. The summed E-state index contributed by atoms with van der Waals surface area (Å²) in [5, 5.41) is 10.7. The Morgan fingerprint density at radius 3 is 2.74 bits per heavy atom. The first kappa shape index (κ1) is 25.3. The molecule has 9 heteroatoms. The van der Waals surface area contributed by atoms with Crippen molar-refractivity contribution in [3.63, 3.8) is 0 Å². The maximum atomic E-state index is 5.36. The molecule has 0 saturated carbocycles. The number of methoxy groups -OCH3 is 1. The maximum Gasteiger partial charge on any atom is 0.194 e. The van der Waals surface area contributed by atoms with E-state index in [-0.39, 0.29) is 30.1 Å². The predicted octanol–water partition coefficient (Wildman–Crippen LogP) is 4.29. The van der Waals surface area contributed by atoms with Crippen molar-refractivity contribution in [2.75, 3.05) is 27.2 Å². The Morgan fingerprint density at radius 1 is 1.32 bits per heavy atom. The summed E-state index contributed by atoms with van der Waals surface area (Å²) in [7, 11) is 3.75. The number of guanidine groups is 1. The molecule has 0 radical (unpaired) electrons. The SMILES string of the molecule is CCNC(=NCCc1ccc(-n2cccn2)cc1)N(C)Cc1csc(C(C)OC)n1.I. The summed E-state index contributed by atoms with van der Waals surface area (Å²) in [6.45, 7) is 6.34. The highest BCUT2D eigenvalue weighted by Gasteiger charge is 2.12. The second-order valence-electron chi connectivity index (χ2n) is 7.01. The van der Waals surface area contributed by atoms with Gasteiger partial charge in [-0.25, -0.2) is 9.67 Å². The number of hydrogen-bond acceptors (Lipinski definition) is 5. The van der Waals surface area contributed by atoms with Crippen LogP contribution < -0.4 is 5.32 Å². The van der Waals surface area contributed by atoms with Crippen LogP contribution in [-0.4, -0.2) is 52.9 Å². The summed E-state index contributed by atoms with van der Waals surface area (Å²) in [5.74, 6) is 0.889. The first-order valence-corrected chi connectivity index (χ1v) is 11.0. The summed E-state index contributed by atoms with van der Waals surface area (Å²) < 4.78 is 7.22. The smallest absolute Gasteiger partial charge is 0.194 e. The molecular weight excluding hydrogens is 523 g/mol. The molecule has 1 N–H and O–H groups in total. The van der Waals surface area contributed by atoms with Crippen molar-refractivity contribution in [3.05, 3.63) is 64.4 Å². The van der Waals surface area contributed by atoms with E-state index in [1.807, 2.05) is 30.9 Å². The van der Waals surface area contributed by atoms with Gasteiger partial charge in [0.05, 0.1) is 17.9 Å². The fourth-order valence-corrected chi connectivity index (χ4v) is 3.84. The highest BCUT2D eigenvalue weighted by Crippen LogP contribution is 2.21. The lowest BCUT2D eigenvalue weighted by Crippen LogP contribution is -2.38. The largest absolute Gasteiger partial charge is 0.375 e. The molecule has 3 rings (SSSR count). The van der Waals surface area contributed by atoms with Gasteiger partial charge in [-0.1, -0.05) is 12.1 Å². The van der Waals surface area contributed by atoms with E-state index in [9.17, 15) is 0 Å². The van der Waals surface area contributed by atoms with E-state index >= 15 is 0 Å². The highest BCUT2D eigenvalue weighted by atomic mass is 127. The maximum absolute atomic E-state index is 5.36. The first-order chi connectivity index (χ1) is 14.6. The van der Waals surface area contributed by atoms with Crippen LogP contribution in [0.15, 0.2) is 53.1 Å². The summed E-state index contributed by atoms with van der Waals surface area (Å²) in [4.78, 5) is 11.6. The van der Waals surface area contributed by atoms with Gasteiger partial charge in [0, 0.05) is 45.0 Å². The predicted molar refractivity (Wildman–Crippen MR) is 138 cm³/mol. The molecule has 2 aromatic heterocycles. The molecule has 0 fully saturated rings. The zero-order valence-corrected chi connectivity index (χ0v) is 21.6. The monoisotopic (exact) mass is 554 g/mol. The Kier molecular flexibility index (Phi) is 10.4. The number of hydrogen-bond donors (Lipinski definition) is 1. The van der Waals surface area contributed by atoms with Crippen LogP contribution >= 0.6 is 35.3 Å². The van der Waals surface area contributed by atoms with Gasteiger partial charge in [0.25, 0.3) is 0 Å². The van der Waals surface area contributed by atoms with Gasteiger partial charge in [0.1, 0.15) is 11.1 Å². The molecule has 0 aliphatic heterocycles. The number of halogens is 1. The molecule has 31 heavy (non-hydrogen) atoms. The minimum absolute atomic E-state index is 0. The fraction of sp³-hybridized carbons (Fsp3) is 0.409. The van der Waals surface area contributed by atoms with Crippen molar-refractivity contribution >= 4 is 41.3 Å². The van der Waals surface area contributed by atoms with Gasteiger partial charge >= 0.3 is 0 Å². The van der Waals surface area contributed by atoms with Gasteiger partial charge in [0.15, 0.2) is 5.96 Å². The van der Waals surface area contributed by atoms with Crippen molar-refractivity contribution in [1.82, 2.24) is 25.0 Å². The first-order valence-electron chi connectivity index (χ1n) is 10.2. The quantitative estimate of drug-likeness (QED) is 0.243. The molecule has 0 aliphatic carbocycles. The number of thiazole rings is 1. The second-order valence-corrected chi connectivity index (χ2v) is 7.90. The topological polar surface area (TPSA) is 67.6 Å². The molecule has 0 amide bonds. The molecule has 0 aliphatic rings. The summed E-state index contributed by atoms with van der Waals surface area (Å²) in [6, 6.07) is 10.4. The van der Waals surface area contributed by atoms with E-state index < -0.39 is 0 Å². The van der Waals surface area contributed by atoms with Crippen molar-refractivity contribution in [1.29, 1.82) is 0 Å². The van der Waals surface area contributed by atoms with Crippen LogP contribution in [0.4, 0.5) is 0 Å². The van der Waals surface area contributed by atoms with Gasteiger partial charge in [-0.05, 0) is 44.0 Å². The number of aromatic nitrogens is 3. The Bertz CT molecular complexity index is 926. The number of nitrogens with one attached hydrogen (secondary N) is 1. The summed E-state index contributed by atoms with van der Waals surface area (Å²) in [5.41, 5.74) is 3.35. The highest BCUT2D eigenvalue weighted by molar-refractivity contribution is 14.0. The van der Waals surface area contributed by atoms with Gasteiger partial charge in [-0.15, -0.1) is 35.3 Å². The van der Waals surface area contributed by atoms with Crippen LogP contribution in [0, 0.1) is 0 Å². The standard InChI is InChI=1S/C22H30N6OS.HI/c1-5-23-22(27(3)15-19-16-30-21(26-19)17(2)29-4)24-13-11-18-7-9-20(10-8-18)28-14-6-12-25-28;/h6-10,12,14,16-17H,5,11,13,15H2,1-4H3,(H,23,24);1H. The molecule has 3 aromatic rings. The molecule has 7 nitrogen and oxygen atoms in total. The second kappa shape index (κ2) is 12.8. The number of aliphatic imine (C=N–C) groups is 1. The van der Waals surface area contributed by atoms with Gasteiger partial charge < -0.3 is 15.0 Å².